The van der Waals surface area contributed by atoms with Crippen LogP contribution in [0.3, 0.4) is 0 Å². The Labute approximate surface area is 230 Å². The Hall–Kier alpha value is -3.18. The topological polar surface area (TPSA) is 139 Å². The highest BCUT2D eigenvalue weighted by Crippen LogP contribution is 2.31. The summed E-state index contributed by atoms with van der Waals surface area (Å²) in [6, 6.07) is 4.87. The molecule has 1 heterocycles. The number of phenols is 1. The summed E-state index contributed by atoms with van der Waals surface area (Å²) in [6.07, 6.45) is 4.61. The van der Waals surface area contributed by atoms with Gasteiger partial charge in [-0.3, -0.25) is 4.79 Å². The van der Waals surface area contributed by atoms with E-state index in [0.29, 0.717) is 35.2 Å². The van der Waals surface area contributed by atoms with Crippen molar-refractivity contribution in [3.8, 4) is 5.75 Å². The largest absolute Gasteiger partial charge is 0.508 e. The number of nitrogens with one attached hydrogen (secondary N) is 1. The van der Waals surface area contributed by atoms with Gasteiger partial charge in [0.1, 0.15) is 11.9 Å². The number of nitrogens with two attached hydrogens (primary N) is 1. The predicted octanol–water partition coefficient (Wildman–Crippen LogP) is 4.41. The number of benzene rings is 1. The number of amides is 2. The van der Waals surface area contributed by atoms with Crippen LogP contribution >= 0.6 is 0 Å². The lowest BCUT2D eigenvalue weighted by Gasteiger charge is -2.31. The van der Waals surface area contributed by atoms with Crippen molar-refractivity contribution in [3.63, 3.8) is 0 Å². The molecule has 39 heavy (non-hydrogen) atoms. The van der Waals surface area contributed by atoms with Gasteiger partial charge in [-0.1, -0.05) is 31.2 Å². The fourth-order valence-electron chi connectivity index (χ4n) is 4.82. The second-order valence-electron chi connectivity index (χ2n) is 9.61. The molecule has 216 valence electrons. The molecule has 4 N–H and O–H groups in total. The minimum absolute atomic E-state index is 0.00740. The van der Waals surface area contributed by atoms with E-state index in [1.165, 1.54) is 13.2 Å². The number of hydrogen-bond acceptors (Lipinski definition) is 8. The van der Waals surface area contributed by atoms with Crippen molar-refractivity contribution in [2.45, 2.75) is 64.1 Å². The minimum atomic E-state index is -0.936. The van der Waals surface area contributed by atoms with Crippen molar-refractivity contribution in [2.75, 3.05) is 33.8 Å². The van der Waals surface area contributed by atoms with Crippen LogP contribution in [0.1, 0.15) is 45.3 Å². The Balaban J connectivity index is 2.59. The number of aromatic hydroxyl groups is 1. The molecule has 2 amide bonds. The molecule has 0 saturated heterocycles. The van der Waals surface area contributed by atoms with Crippen molar-refractivity contribution in [3.05, 3.63) is 59.2 Å². The average molecular weight is 547 g/mol. The molecule has 1 aromatic carbocycles. The first kappa shape index (κ1) is 32.0. The number of ether oxygens (including phenoxy) is 5. The summed E-state index contributed by atoms with van der Waals surface area (Å²) in [4.78, 5) is 24.6. The average Bonchev–Trinajstić information content (AvgIpc) is 2.88. The van der Waals surface area contributed by atoms with Crippen LogP contribution in [-0.2, 0) is 28.5 Å². The summed E-state index contributed by atoms with van der Waals surface area (Å²) in [6.45, 7) is 5.48. The van der Waals surface area contributed by atoms with E-state index >= 15 is 0 Å². The minimum Gasteiger partial charge on any atom is -0.508 e. The quantitative estimate of drug-likeness (QED) is 0.462. The molecule has 0 aromatic heterocycles. The van der Waals surface area contributed by atoms with Crippen molar-refractivity contribution in [1.29, 1.82) is 0 Å². The van der Waals surface area contributed by atoms with E-state index in [1.54, 1.807) is 58.6 Å². The Kier molecular flexibility index (Phi) is 12.7. The Morgan fingerprint density at radius 2 is 1.74 bits per heavy atom. The fourth-order valence-corrected chi connectivity index (χ4v) is 4.82. The van der Waals surface area contributed by atoms with E-state index in [9.17, 15) is 14.7 Å². The molecule has 1 aliphatic heterocycles. The third kappa shape index (κ3) is 9.21. The Bertz CT molecular complexity index is 1070. The van der Waals surface area contributed by atoms with Crippen LogP contribution in [-0.4, -0.2) is 70.0 Å². The Morgan fingerprint density at radius 3 is 2.33 bits per heavy atom. The van der Waals surface area contributed by atoms with Gasteiger partial charge in [0.05, 0.1) is 18.3 Å². The number of carbonyl (C=O) groups excluding carboxylic acids is 2. The number of fused-ring (bicyclic) bond motifs is 2. The van der Waals surface area contributed by atoms with Gasteiger partial charge in [-0.2, -0.15) is 0 Å². The summed E-state index contributed by atoms with van der Waals surface area (Å²) in [5.41, 5.74) is 7.65. The van der Waals surface area contributed by atoms with E-state index in [4.69, 9.17) is 29.4 Å². The van der Waals surface area contributed by atoms with Crippen LogP contribution in [0.25, 0.3) is 0 Å². The zero-order valence-electron chi connectivity index (χ0n) is 23.8. The predicted molar refractivity (Wildman–Crippen MR) is 148 cm³/mol. The van der Waals surface area contributed by atoms with Gasteiger partial charge in [-0.15, -0.1) is 0 Å². The number of primary amides is 1. The van der Waals surface area contributed by atoms with E-state index in [1.807, 2.05) is 19.9 Å². The molecule has 6 atom stereocenters. The zero-order valence-corrected chi connectivity index (χ0v) is 23.8. The SMILES string of the molecule is CO[C@H]1[C@@H](OC)CC[C@@H](OC)c2cc(O)cc(c2)NC(=O)/C(C)=C/C=C/[C@H](OC)[C@@H](OC(N)=O)/C(C)=C/[C@@H]1C. The summed E-state index contributed by atoms with van der Waals surface area (Å²) < 4.78 is 28.5. The number of methoxy groups -OCH3 is 4. The van der Waals surface area contributed by atoms with Crippen molar-refractivity contribution in [1.82, 2.24) is 0 Å². The zero-order chi connectivity index (χ0) is 29.1. The third-order valence-electron chi connectivity index (χ3n) is 6.82. The van der Waals surface area contributed by atoms with E-state index < -0.39 is 18.3 Å². The van der Waals surface area contributed by atoms with Crippen LogP contribution in [0.4, 0.5) is 10.5 Å². The van der Waals surface area contributed by atoms with Crippen molar-refractivity contribution < 1.29 is 38.4 Å². The van der Waals surface area contributed by atoms with Gasteiger partial charge in [0.25, 0.3) is 5.91 Å². The molecule has 0 saturated carbocycles. The lowest BCUT2D eigenvalue weighted by molar-refractivity contribution is -0.112. The highest BCUT2D eigenvalue weighted by molar-refractivity contribution is 6.03. The molecule has 1 aromatic rings. The smallest absolute Gasteiger partial charge is 0.405 e. The first-order valence-electron chi connectivity index (χ1n) is 12.8. The molecular weight excluding hydrogens is 504 g/mol. The van der Waals surface area contributed by atoms with Gasteiger partial charge in [0.2, 0.25) is 0 Å². The first-order chi connectivity index (χ1) is 18.5. The van der Waals surface area contributed by atoms with Crippen LogP contribution in [0, 0.1) is 5.92 Å². The fraction of sp³-hybridized carbons (Fsp3) is 0.517. The van der Waals surface area contributed by atoms with Gasteiger partial charge >= 0.3 is 6.09 Å². The van der Waals surface area contributed by atoms with Crippen molar-refractivity contribution >= 4 is 17.7 Å². The number of hydrogen-bond donors (Lipinski definition) is 3. The maximum atomic E-state index is 12.8. The molecular formula is C29H42N2O8. The summed E-state index contributed by atoms with van der Waals surface area (Å²) >= 11 is 0. The summed E-state index contributed by atoms with van der Waals surface area (Å²) in [5, 5.41) is 13.2. The molecule has 0 fully saturated rings. The number of carbonyl (C=O) groups is 2. The maximum absolute atomic E-state index is 12.8. The standard InChI is InChI=1S/C29H42N2O8/c1-17-9-8-10-24(36-5)27(39-29(30)34)19(3)13-18(2)26(38-7)25(37-6)12-11-23(35-4)20-14-21(31-28(17)33)16-22(32)15-20/h8-10,13-16,18,23-27,32H,11-12H2,1-7H3,(H2,30,34)(H,31,33)/b10-8+,17-9+,19-13+/t18-,23+,24-,25-,26+,27-/m0/s1. The molecule has 10 nitrogen and oxygen atoms in total. The molecule has 10 heteroatoms. The molecule has 0 spiro atoms. The first-order valence-corrected chi connectivity index (χ1v) is 12.8. The van der Waals surface area contributed by atoms with Gasteiger partial charge in [0.15, 0.2) is 6.10 Å². The van der Waals surface area contributed by atoms with Gasteiger partial charge in [0, 0.05) is 51.7 Å². The van der Waals surface area contributed by atoms with Crippen LogP contribution < -0.4 is 11.1 Å². The number of rotatable bonds is 5. The Morgan fingerprint density at radius 1 is 1.03 bits per heavy atom. The maximum Gasteiger partial charge on any atom is 0.405 e. The van der Waals surface area contributed by atoms with Crippen LogP contribution in [0.2, 0.25) is 0 Å². The lowest BCUT2D eigenvalue weighted by Crippen LogP contribution is -2.37. The second kappa shape index (κ2) is 15.4. The normalized spacial score (nSPS) is 30.8. The molecule has 2 rings (SSSR count). The van der Waals surface area contributed by atoms with Crippen LogP contribution in [0.15, 0.2) is 53.6 Å². The van der Waals surface area contributed by atoms with Gasteiger partial charge in [-0.25, -0.2) is 4.79 Å². The molecule has 1 aliphatic rings. The summed E-state index contributed by atoms with van der Waals surface area (Å²) in [5.74, 6) is -0.484. The number of anilines is 1. The molecule has 0 unspecified atom stereocenters. The molecule has 2 bridgehead atoms. The lowest BCUT2D eigenvalue weighted by atomic mass is 9.91. The second-order valence-corrected chi connectivity index (χ2v) is 9.61. The highest BCUT2D eigenvalue weighted by Gasteiger charge is 2.30. The number of phenolic OH excluding ortho intramolecular Hbond substituents is 1. The molecule has 0 radical (unpaired) electrons. The van der Waals surface area contributed by atoms with E-state index in [-0.39, 0.29) is 35.9 Å². The van der Waals surface area contributed by atoms with Gasteiger partial charge < -0.3 is 39.8 Å². The number of allylic oxidation sites excluding steroid dienone is 2. The third-order valence-corrected chi connectivity index (χ3v) is 6.82. The molecule has 0 aliphatic carbocycles. The van der Waals surface area contributed by atoms with Gasteiger partial charge in [-0.05, 0) is 50.0 Å². The van der Waals surface area contributed by atoms with E-state index in [0.717, 1.165) is 0 Å². The summed E-state index contributed by atoms with van der Waals surface area (Å²) in [7, 11) is 6.33. The van der Waals surface area contributed by atoms with Crippen LogP contribution in [0.5, 0.6) is 5.75 Å². The van der Waals surface area contributed by atoms with E-state index in [2.05, 4.69) is 5.32 Å². The highest BCUT2D eigenvalue weighted by atomic mass is 16.6. The van der Waals surface area contributed by atoms with Crippen molar-refractivity contribution in [2.24, 2.45) is 11.7 Å². The monoisotopic (exact) mass is 546 g/mol.